The van der Waals surface area contributed by atoms with Crippen molar-refractivity contribution in [2.45, 2.75) is 71.6 Å². The molecule has 0 rings (SSSR count). The number of hydrogen-bond acceptors (Lipinski definition) is 4. The van der Waals surface area contributed by atoms with Crippen LogP contribution in [0, 0.1) is 5.41 Å². The Balaban J connectivity index is -0.00000144. The van der Waals surface area contributed by atoms with Crippen molar-refractivity contribution in [3.05, 3.63) is 0 Å². The molecule has 4 nitrogen and oxygen atoms in total. The van der Waals surface area contributed by atoms with Gasteiger partial charge in [0.25, 0.3) is 0 Å². The first-order chi connectivity index (χ1) is 8.48. The molecule has 0 aromatic carbocycles. The summed E-state index contributed by atoms with van der Waals surface area (Å²) in [6.07, 6.45) is 5.55. The van der Waals surface area contributed by atoms with E-state index in [1.54, 1.807) is 0 Å². The van der Waals surface area contributed by atoms with Crippen molar-refractivity contribution in [3.63, 3.8) is 0 Å². The summed E-state index contributed by atoms with van der Waals surface area (Å²) in [4.78, 5) is 22.1. The van der Waals surface area contributed by atoms with Gasteiger partial charge in [-0.3, -0.25) is 0 Å². The summed E-state index contributed by atoms with van der Waals surface area (Å²) in [5, 5.41) is 22.1. The van der Waals surface area contributed by atoms with E-state index in [1.165, 1.54) is 0 Å². The molecule has 6 heteroatoms. The minimum absolute atomic E-state index is 0. The fourth-order valence-corrected chi connectivity index (χ4v) is 2.28. The van der Waals surface area contributed by atoms with E-state index in [9.17, 15) is 19.8 Å². The molecule has 0 atom stereocenters. The van der Waals surface area contributed by atoms with Crippen LogP contribution >= 0.6 is 0 Å². The molecular formula is C14H24Na2O4. The van der Waals surface area contributed by atoms with Crippen LogP contribution in [0.3, 0.4) is 0 Å². The summed E-state index contributed by atoms with van der Waals surface area (Å²) in [6, 6.07) is 0. The molecule has 0 aliphatic rings. The van der Waals surface area contributed by atoms with Crippen molar-refractivity contribution >= 4 is 11.9 Å². The SMILES string of the molecule is CCCCCC(CCCCC)(CC(=O)[O-])C(=O)[O-].[Na+].[Na+]. The number of aliphatic carboxylic acids is 2. The summed E-state index contributed by atoms with van der Waals surface area (Å²) in [6.45, 7) is 4.05. The summed E-state index contributed by atoms with van der Waals surface area (Å²) in [7, 11) is 0. The molecule has 0 aromatic rings. The molecular weight excluding hydrogens is 278 g/mol. The Bertz CT molecular complexity index is 260. The van der Waals surface area contributed by atoms with Crippen molar-refractivity contribution in [2.75, 3.05) is 0 Å². The van der Waals surface area contributed by atoms with Crippen LogP contribution in [0.15, 0.2) is 0 Å². The third-order valence-electron chi connectivity index (χ3n) is 3.43. The molecule has 0 bridgehead atoms. The maximum absolute atomic E-state index is 11.3. The van der Waals surface area contributed by atoms with Gasteiger partial charge in [-0.05, 0) is 19.3 Å². The first-order valence-electron chi connectivity index (χ1n) is 6.89. The Labute approximate surface area is 166 Å². The molecule has 0 aliphatic carbocycles. The first kappa shape index (κ1) is 25.9. The number of carboxylic acids is 2. The Hall–Kier alpha value is 0.940. The van der Waals surface area contributed by atoms with Gasteiger partial charge in [0.2, 0.25) is 0 Å². The zero-order valence-corrected chi connectivity index (χ0v) is 17.5. The van der Waals surface area contributed by atoms with Crippen molar-refractivity contribution in [2.24, 2.45) is 5.41 Å². The van der Waals surface area contributed by atoms with Gasteiger partial charge >= 0.3 is 59.1 Å². The zero-order valence-electron chi connectivity index (χ0n) is 13.5. The predicted molar refractivity (Wildman–Crippen MR) is 65.3 cm³/mol. The second kappa shape index (κ2) is 14.9. The average Bonchev–Trinajstić information content (AvgIpc) is 2.28. The minimum atomic E-state index is -1.30. The maximum atomic E-state index is 11.3. The van der Waals surface area contributed by atoms with E-state index in [4.69, 9.17) is 0 Å². The molecule has 0 spiro atoms. The zero-order chi connectivity index (χ0) is 14.0. The van der Waals surface area contributed by atoms with Gasteiger partial charge in [-0.1, -0.05) is 52.4 Å². The van der Waals surface area contributed by atoms with Crippen LogP contribution in [0.25, 0.3) is 0 Å². The number of unbranched alkanes of at least 4 members (excludes halogenated alkanes) is 4. The van der Waals surface area contributed by atoms with E-state index in [2.05, 4.69) is 0 Å². The molecule has 0 amide bonds. The second-order valence-corrected chi connectivity index (χ2v) is 5.03. The average molecular weight is 302 g/mol. The molecule has 0 unspecified atom stereocenters. The number of rotatable bonds is 11. The molecule has 0 saturated carbocycles. The summed E-state index contributed by atoms with van der Waals surface area (Å²) < 4.78 is 0. The third-order valence-corrected chi connectivity index (χ3v) is 3.43. The fourth-order valence-electron chi connectivity index (χ4n) is 2.28. The van der Waals surface area contributed by atoms with Gasteiger partial charge in [-0.15, -0.1) is 0 Å². The quantitative estimate of drug-likeness (QED) is 0.283. The normalized spacial score (nSPS) is 10.3. The van der Waals surface area contributed by atoms with Gasteiger partial charge in [0, 0.05) is 17.4 Å². The van der Waals surface area contributed by atoms with Gasteiger partial charge in [-0.25, -0.2) is 0 Å². The van der Waals surface area contributed by atoms with Crippen molar-refractivity contribution in [3.8, 4) is 0 Å². The molecule has 0 aromatic heterocycles. The Morgan fingerprint density at radius 2 is 1.25 bits per heavy atom. The van der Waals surface area contributed by atoms with Gasteiger partial charge in [0.15, 0.2) is 0 Å². The topological polar surface area (TPSA) is 80.3 Å². The largest absolute Gasteiger partial charge is 1.00 e. The monoisotopic (exact) mass is 302 g/mol. The summed E-state index contributed by atoms with van der Waals surface area (Å²) >= 11 is 0. The molecule has 106 valence electrons. The molecule has 20 heavy (non-hydrogen) atoms. The molecule has 0 N–H and O–H groups in total. The van der Waals surface area contributed by atoms with E-state index in [1.807, 2.05) is 13.8 Å². The van der Waals surface area contributed by atoms with E-state index < -0.39 is 23.8 Å². The number of carbonyl (C=O) groups excluding carboxylic acids is 2. The summed E-state index contributed by atoms with van der Waals surface area (Å²) in [5.74, 6) is -2.54. The van der Waals surface area contributed by atoms with E-state index in [0.717, 1.165) is 38.5 Å². The van der Waals surface area contributed by atoms with Gasteiger partial charge in [0.05, 0.1) is 0 Å². The predicted octanol–water partition coefficient (Wildman–Crippen LogP) is -4.97. The Kier molecular flexibility index (Phi) is 19.2. The van der Waals surface area contributed by atoms with Crippen molar-refractivity contribution < 1.29 is 78.9 Å². The molecule has 0 radical (unpaired) electrons. The van der Waals surface area contributed by atoms with Crippen LogP contribution < -0.4 is 69.3 Å². The van der Waals surface area contributed by atoms with Gasteiger partial charge < -0.3 is 19.8 Å². The van der Waals surface area contributed by atoms with Gasteiger partial charge in [0.1, 0.15) is 0 Å². The Morgan fingerprint density at radius 1 is 0.850 bits per heavy atom. The smallest absolute Gasteiger partial charge is 0.550 e. The molecule has 0 heterocycles. The Morgan fingerprint density at radius 3 is 1.50 bits per heavy atom. The molecule has 0 aliphatic heterocycles. The molecule has 0 saturated heterocycles. The van der Waals surface area contributed by atoms with Gasteiger partial charge in [-0.2, -0.15) is 0 Å². The molecule has 0 fully saturated rings. The second-order valence-electron chi connectivity index (χ2n) is 5.03. The van der Waals surface area contributed by atoms with Crippen molar-refractivity contribution in [1.82, 2.24) is 0 Å². The number of hydrogen-bond donors (Lipinski definition) is 0. The first-order valence-corrected chi connectivity index (χ1v) is 6.89. The number of carboxylic acid groups (broad SMARTS) is 2. The summed E-state index contributed by atoms with van der Waals surface area (Å²) in [5.41, 5.74) is -1.23. The van der Waals surface area contributed by atoms with Crippen LogP contribution in [-0.4, -0.2) is 11.9 Å². The van der Waals surface area contributed by atoms with Crippen molar-refractivity contribution in [1.29, 1.82) is 0 Å². The van der Waals surface area contributed by atoms with Crippen LogP contribution in [0.2, 0.25) is 0 Å². The third kappa shape index (κ3) is 10.6. The fraction of sp³-hybridized carbons (Fsp3) is 0.857. The minimum Gasteiger partial charge on any atom is -0.550 e. The van der Waals surface area contributed by atoms with E-state index >= 15 is 0 Å². The standard InChI is InChI=1S/C14H26O4.2Na/c1-3-5-7-9-14(13(17)18,11-12(15)16)10-8-6-4-2;;/h3-11H2,1-2H3,(H,15,16)(H,17,18);;/q;2*+1/p-2. The van der Waals surface area contributed by atoms with Crippen LogP contribution in [0.4, 0.5) is 0 Å². The van der Waals surface area contributed by atoms with E-state index in [-0.39, 0.29) is 59.1 Å². The van der Waals surface area contributed by atoms with Crippen LogP contribution in [-0.2, 0) is 9.59 Å². The maximum Gasteiger partial charge on any atom is 1.00 e. The van der Waals surface area contributed by atoms with Crippen LogP contribution in [0.1, 0.15) is 71.6 Å². The van der Waals surface area contributed by atoms with E-state index in [0.29, 0.717) is 12.8 Å². The van der Waals surface area contributed by atoms with Crippen LogP contribution in [0.5, 0.6) is 0 Å². The number of carbonyl (C=O) groups is 2.